The molecule has 0 saturated carbocycles. The molecule has 1 aromatic rings. The highest BCUT2D eigenvalue weighted by Crippen LogP contribution is 2.21. The lowest BCUT2D eigenvalue weighted by molar-refractivity contribution is 0.331. The molecule has 0 aliphatic rings. The monoisotopic (exact) mass is 342 g/mol. The van der Waals surface area contributed by atoms with Crippen LogP contribution in [0, 0.1) is 13.8 Å². The maximum absolute atomic E-state index is 9.06. The normalized spacial score (nSPS) is 14.4. The molecule has 0 aromatic heterocycles. The first kappa shape index (κ1) is 21.2. The van der Waals surface area contributed by atoms with Crippen molar-refractivity contribution >= 4 is 12.2 Å². The van der Waals surface area contributed by atoms with Gasteiger partial charge in [0, 0.05) is 10.8 Å². The van der Waals surface area contributed by atoms with E-state index in [0.717, 1.165) is 30.6 Å². The van der Waals surface area contributed by atoms with E-state index in [9.17, 15) is 0 Å². The molecule has 0 unspecified atom stereocenters. The van der Waals surface area contributed by atoms with E-state index >= 15 is 0 Å². The number of aliphatic hydroxyl groups is 1. The zero-order valence-corrected chi connectivity index (χ0v) is 17.0. The third kappa shape index (κ3) is 5.34. The van der Waals surface area contributed by atoms with Crippen LogP contribution >= 0.6 is 0 Å². The molecule has 0 aliphatic carbocycles. The van der Waals surface area contributed by atoms with Gasteiger partial charge < -0.3 is 9.84 Å². The highest BCUT2D eigenvalue weighted by Gasteiger charge is 2.12. The number of methoxy groups -OCH3 is 1. The Bertz CT molecular complexity index is 765. The van der Waals surface area contributed by atoms with Crippen molar-refractivity contribution in [2.24, 2.45) is 0 Å². The van der Waals surface area contributed by atoms with E-state index in [1.54, 1.807) is 7.11 Å². The predicted octanol–water partition coefficient (Wildman–Crippen LogP) is 4.12. The number of ether oxygens (including phenoxy) is 1. The third-order valence-corrected chi connectivity index (χ3v) is 4.95. The molecule has 0 saturated heterocycles. The average Bonchev–Trinajstić information content (AvgIpc) is 2.61. The average molecular weight is 343 g/mol. The summed E-state index contributed by atoms with van der Waals surface area (Å²) in [6.07, 6.45) is 11.6. The summed E-state index contributed by atoms with van der Waals surface area (Å²) in [4.78, 5) is 0. The van der Waals surface area contributed by atoms with Crippen molar-refractivity contribution in [1.29, 1.82) is 0 Å². The Morgan fingerprint density at radius 1 is 0.960 bits per heavy atom. The Hall–Kier alpha value is -1.80. The first-order valence-electron chi connectivity index (χ1n) is 9.12. The van der Waals surface area contributed by atoms with Crippen LogP contribution < -0.4 is 15.2 Å². The lowest BCUT2D eigenvalue weighted by Gasteiger charge is -2.15. The van der Waals surface area contributed by atoms with Gasteiger partial charge in [-0.1, -0.05) is 35.5 Å². The zero-order chi connectivity index (χ0) is 19.0. The molecule has 0 heterocycles. The summed E-state index contributed by atoms with van der Waals surface area (Å²) in [5.74, 6) is 0.999. The minimum Gasteiger partial charge on any atom is -0.496 e. The van der Waals surface area contributed by atoms with Crippen molar-refractivity contribution < 1.29 is 9.84 Å². The summed E-state index contributed by atoms with van der Waals surface area (Å²) in [5.41, 5.74) is 6.33. The Kier molecular flexibility index (Phi) is 8.71. The fourth-order valence-corrected chi connectivity index (χ4v) is 3.21. The standard InChI is InChI=1S/C23H34O2/c1-8-20-18(5)19(6)22(23(25-7)21(20)9-2)14-13-16(3)11-10-12-17(4)15-24/h8-9,12-13,24H,10-11,14-15H2,1-7H3/b16-13+,17-12+,20-8-,21-9+. The van der Waals surface area contributed by atoms with Crippen molar-refractivity contribution in [3.8, 4) is 5.75 Å². The Balaban J connectivity index is 3.18. The van der Waals surface area contributed by atoms with Gasteiger partial charge in [-0.2, -0.15) is 0 Å². The van der Waals surface area contributed by atoms with Gasteiger partial charge in [0.1, 0.15) is 5.75 Å². The molecule has 1 aromatic carbocycles. The lowest BCUT2D eigenvalue weighted by atomic mass is 9.94. The minimum atomic E-state index is 0.148. The number of hydrogen-bond donors (Lipinski definition) is 1. The van der Waals surface area contributed by atoms with Crippen LogP contribution in [0.5, 0.6) is 5.75 Å². The molecule has 1 rings (SSSR count). The number of hydrogen-bond acceptors (Lipinski definition) is 2. The van der Waals surface area contributed by atoms with Gasteiger partial charge in [-0.05, 0) is 77.2 Å². The van der Waals surface area contributed by atoms with Gasteiger partial charge in [0.05, 0.1) is 13.7 Å². The molecule has 0 amide bonds. The second-order valence-electron chi connectivity index (χ2n) is 6.67. The number of rotatable bonds is 7. The largest absolute Gasteiger partial charge is 0.496 e. The quantitative estimate of drug-likeness (QED) is 0.755. The van der Waals surface area contributed by atoms with E-state index in [4.69, 9.17) is 9.84 Å². The van der Waals surface area contributed by atoms with Crippen molar-refractivity contribution in [2.75, 3.05) is 13.7 Å². The number of allylic oxidation sites excluding steroid dienone is 3. The van der Waals surface area contributed by atoms with Crippen molar-refractivity contribution in [3.63, 3.8) is 0 Å². The predicted molar refractivity (Wildman–Crippen MR) is 110 cm³/mol. The van der Waals surface area contributed by atoms with E-state index in [2.05, 4.69) is 58.9 Å². The summed E-state index contributed by atoms with van der Waals surface area (Å²) in [7, 11) is 1.76. The SMILES string of the molecule is C/C=c1/c(C)c(C)c(C/C=C(\C)CC/C=C(\C)CO)c(OC)/c1=C/C. The highest BCUT2D eigenvalue weighted by molar-refractivity contribution is 5.51. The molecule has 0 spiro atoms. The van der Waals surface area contributed by atoms with Crippen LogP contribution in [0.3, 0.4) is 0 Å². The third-order valence-electron chi connectivity index (χ3n) is 4.95. The summed E-state index contributed by atoms with van der Waals surface area (Å²) in [6, 6.07) is 0. The van der Waals surface area contributed by atoms with Crippen LogP contribution in [0.4, 0.5) is 0 Å². The van der Waals surface area contributed by atoms with Crippen LogP contribution in [0.25, 0.3) is 12.2 Å². The number of aliphatic hydroxyl groups excluding tert-OH is 1. The van der Waals surface area contributed by atoms with Crippen LogP contribution in [-0.2, 0) is 6.42 Å². The first-order chi connectivity index (χ1) is 11.9. The Morgan fingerprint density at radius 2 is 1.60 bits per heavy atom. The van der Waals surface area contributed by atoms with Gasteiger partial charge >= 0.3 is 0 Å². The molecule has 0 aliphatic heterocycles. The molecule has 25 heavy (non-hydrogen) atoms. The maximum atomic E-state index is 9.06. The van der Waals surface area contributed by atoms with Gasteiger partial charge in [-0.15, -0.1) is 0 Å². The Labute approximate surface area is 153 Å². The van der Waals surface area contributed by atoms with Gasteiger partial charge in [-0.3, -0.25) is 0 Å². The lowest BCUT2D eigenvalue weighted by Crippen LogP contribution is -2.31. The molecular weight excluding hydrogens is 308 g/mol. The van der Waals surface area contributed by atoms with Crippen LogP contribution in [0.15, 0.2) is 23.3 Å². The van der Waals surface area contributed by atoms with Crippen LogP contribution in [-0.4, -0.2) is 18.8 Å². The minimum absolute atomic E-state index is 0.148. The second-order valence-corrected chi connectivity index (χ2v) is 6.67. The summed E-state index contributed by atoms with van der Waals surface area (Å²) in [6.45, 7) is 12.8. The maximum Gasteiger partial charge on any atom is 0.130 e. The van der Waals surface area contributed by atoms with E-state index < -0.39 is 0 Å². The molecule has 0 fully saturated rings. The smallest absolute Gasteiger partial charge is 0.130 e. The second kappa shape index (κ2) is 10.2. The molecule has 2 heteroatoms. The van der Waals surface area contributed by atoms with Crippen LogP contribution in [0.1, 0.15) is 57.2 Å². The Morgan fingerprint density at radius 3 is 2.12 bits per heavy atom. The van der Waals surface area contributed by atoms with Crippen LogP contribution in [0.2, 0.25) is 0 Å². The van der Waals surface area contributed by atoms with Gasteiger partial charge in [0.15, 0.2) is 0 Å². The topological polar surface area (TPSA) is 29.5 Å². The zero-order valence-electron chi connectivity index (χ0n) is 17.0. The van der Waals surface area contributed by atoms with Crippen molar-refractivity contribution in [2.45, 2.75) is 60.8 Å². The van der Waals surface area contributed by atoms with E-state index in [-0.39, 0.29) is 6.61 Å². The molecule has 0 radical (unpaired) electrons. The van der Waals surface area contributed by atoms with E-state index in [1.807, 2.05) is 6.92 Å². The molecule has 0 bridgehead atoms. The first-order valence-corrected chi connectivity index (χ1v) is 9.12. The molecule has 1 N–H and O–H groups in total. The summed E-state index contributed by atoms with van der Waals surface area (Å²) >= 11 is 0. The summed E-state index contributed by atoms with van der Waals surface area (Å²) in [5, 5.41) is 11.5. The van der Waals surface area contributed by atoms with Gasteiger partial charge in [0.25, 0.3) is 0 Å². The fraction of sp³-hybridized carbons (Fsp3) is 0.478. The molecule has 0 atom stereocenters. The highest BCUT2D eigenvalue weighted by atomic mass is 16.5. The molecular formula is C23H34O2. The fourth-order valence-electron chi connectivity index (χ4n) is 3.21. The van der Waals surface area contributed by atoms with Crippen molar-refractivity contribution in [1.82, 2.24) is 0 Å². The summed E-state index contributed by atoms with van der Waals surface area (Å²) < 4.78 is 5.79. The molecule has 2 nitrogen and oxygen atoms in total. The van der Waals surface area contributed by atoms with E-state index in [1.165, 1.54) is 32.7 Å². The van der Waals surface area contributed by atoms with Gasteiger partial charge in [0.2, 0.25) is 0 Å². The van der Waals surface area contributed by atoms with Gasteiger partial charge in [-0.25, -0.2) is 0 Å². The van der Waals surface area contributed by atoms with Crippen molar-refractivity contribution in [3.05, 3.63) is 50.4 Å². The molecule has 138 valence electrons. The number of benzene rings is 1. The van der Waals surface area contributed by atoms with E-state index in [0.29, 0.717) is 0 Å².